The summed E-state index contributed by atoms with van der Waals surface area (Å²) < 4.78 is 0. The standard InChI is InChI=1S/C26H16N2O2/c29-25-21-9-4-5-10-22(21)26(30)24-20(11-6-12-23(24)25)17-13-15-19(16-14-17)28-27-18-7-2-1-3-8-18/h1-16H. The number of azo groups is 1. The van der Waals surface area contributed by atoms with Gasteiger partial charge >= 0.3 is 0 Å². The smallest absolute Gasteiger partial charge is 0.195 e. The number of hydrogen-bond acceptors (Lipinski definition) is 4. The van der Waals surface area contributed by atoms with Gasteiger partial charge in [-0.05, 0) is 35.4 Å². The zero-order chi connectivity index (χ0) is 20.5. The van der Waals surface area contributed by atoms with Crippen LogP contribution in [0.25, 0.3) is 11.1 Å². The number of fused-ring (bicyclic) bond motifs is 2. The lowest BCUT2D eigenvalue weighted by molar-refractivity contribution is 0.0979. The van der Waals surface area contributed by atoms with E-state index in [1.807, 2.05) is 66.7 Å². The molecule has 0 saturated carbocycles. The molecule has 4 nitrogen and oxygen atoms in total. The fourth-order valence-corrected chi connectivity index (χ4v) is 3.70. The van der Waals surface area contributed by atoms with Crippen LogP contribution in [0, 0.1) is 0 Å². The van der Waals surface area contributed by atoms with E-state index < -0.39 is 0 Å². The van der Waals surface area contributed by atoms with Crippen LogP contribution in [0.1, 0.15) is 31.8 Å². The van der Waals surface area contributed by atoms with Crippen molar-refractivity contribution in [2.24, 2.45) is 10.2 Å². The first-order chi connectivity index (χ1) is 14.7. The quantitative estimate of drug-likeness (QED) is 0.329. The summed E-state index contributed by atoms with van der Waals surface area (Å²) in [5.74, 6) is -0.237. The lowest BCUT2D eigenvalue weighted by atomic mass is 9.80. The highest BCUT2D eigenvalue weighted by atomic mass is 16.1. The number of benzene rings is 4. The third-order valence-corrected chi connectivity index (χ3v) is 5.17. The molecule has 0 heterocycles. The molecule has 0 bridgehead atoms. The molecule has 4 aromatic carbocycles. The summed E-state index contributed by atoms with van der Waals surface area (Å²) in [5, 5.41) is 8.48. The van der Waals surface area contributed by atoms with E-state index in [1.54, 1.807) is 30.3 Å². The first-order valence-corrected chi connectivity index (χ1v) is 9.61. The molecule has 0 aromatic heterocycles. The van der Waals surface area contributed by atoms with E-state index in [9.17, 15) is 9.59 Å². The topological polar surface area (TPSA) is 58.9 Å². The van der Waals surface area contributed by atoms with Gasteiger partial charge in [-0.3, -0.25) is 9.59 Å². The lowest BCUT2D eigenvalue weighted by Crippen LogP contribution is -2.21. The van der Waals surface area contributed by atoms with Crippen molar-refractivity contribution in [2.45, 2.75) is 0 Å². The predicted octanol–water partition coefficient (Wildman–Crippen LogP) is 6.54. The molecule has 1 aliphatic carbocycles. The van der Waals surface area contributed by atoms with E-state index in [0.29, 0.717) is 27.9 Å². The highest BCUT2D eigenvalue weighted by molar-refractivity contribution is 6.30. The highest BCUT2D eigenvalue weighted by Crippen LogP contribution is 2.35. The molecular formula is C26H16N2O2. The van der Waals surface area contributed by atoms with Crippen molar-refractivity contribution in [1.29, 1.82) is 0 Å². The Balaban J connectivity index is 1.52. The molecule has 0 aliphatic heterocycles. The Kier molecular flexibility index (Phi) is 4.37. The summed E-state index contributed by atoms with van der Waals surface area (Å²) in [7, 11) is 0. The molecule has 142 valence electrons. The SMILES string of the molecule is O=C1c2ccccc2C(=O)c2c1cccc2-c1ccc(N=Nc2ccccc2)cc1. The van der Waals surface area contributed by atoms with E-state index in [0.717, 1.165) is 16.8 Å². The molecule has 0 fully saturated rings. The van der Waals surface area contributed by atoms with Crippen LogP contribution in [0.4, 0.5) is 11.4 Å². The van der Waals surface area contributed by atoms with Gasteiger partial charge in [0.2, 0.25) is 0 Å². The Bertz CT molecular complexity index is 1310. The first-order valence-electron chi connectivity index (χ1n) is 9.61. The molecule has 4 heteroatoms. The van der Waals surface area contributed by atoms with E-state index in [4.69, 9.17) is 0 Å². The van der Waals surface area contributed by atoms with Crippen LogP contribution in [0.5, 0.6) is 0 Å². The maximum absolute atomic E-state index is 13.2. The summed E-state index contributed by atoms with van der Waals surface area (Å²) in [5.41, 5.74) is 4.91. The largest absolute Gasteiger partial charge is 0.289 e. The van der Waals surface area contributed by atoms with Gasteiger partial charge in [-0.1, -0.05) is 72.8 Å². The molecule has 0 amide bonds. The van der Waals surface area contributed by atoms with Crippen LogP contribution in [0.2, 0.25) is 0 Å². The molecular weight excluding hydrogens is 372 g/mol. The van der Waals surface area contributed by atoms with Gasteiger partial charge < -0.3 is 0 Å². The molecule has 0 saturated heterocycles. The van der Waals surface area contributed by atoms with Crippen molar-refractivity contribution in [3.63, 3.8) is 0 Å². The number of carbonyl (C=O) groups is 2. The summed E-state index contributed by atoms with van der Waals surface area (Å²) in [6.07, 6.45) is 0. The van der Waals surface area contributed by atoms with Gasteiger partial charge in [-0.15, -0.1) is 0 Å². The number of ketones is 2. The van der Waals surface area contributed by atoms with Crippen molar-refractivity contribution in [1.82, 2.24) is 0 Å². The van der Waals surface area contributed by atoms with E-state index in [2.05, 4.69) is 10.2 Å². The van der Waals surface area contributed by atoms with Gasteiger partial charge in [0.25, 0.3) is 0 Å². The molecule has 0 radical (unpaired) electrons. The van der Waals surface area contributed by atoms with Gasteiger partial charge in [-0.2, -0.15) is 10.2 Å². The normalized spacial score (nSPS) is 12.7. The van der Waals surface area contributed by atoms with Gasteiger partial charge in [-0.25, -0.2) is 0 Å². The van der Waals surface area contributed by atoms with Gasteiger partial charge in [0.15, 0.2) is 11.6 Å². The molecule has 0 atom stereocenters. The minimum atomic E-state index is -0.122. The molecule has 5 rings (SSSR count). The predicted molar refractivity (Wildman–Crippen MR) is 116 cm³/mol. The fraction of sp³-hybridized carbons (Fsp3) is 0. The maximum atomic E-state index is 13.2. The van der Waals surface area contributed by atoms with Crippen LogP contribution >= 0.6 is 0 Å². The molecule has 0 unspecified atom stereocenters. The van der Waals surface area contributed by atoms with Crippen LogP contribution in [-0.2, 0) is 0 Å². The van der Waals surface area contributed by atoms with Crippen LogP contribution in [-0.4, -0.2) is 11.6 Å². The second kappa shape index (κ2) is 7.33. The molecule has 0 spiro atoms. The zero-order valence-electron chi connectivity index (χ0n) is 15.9. The Hall–Kier alpha value is -4.18. The lowest BCUT2D eigenvalue weighted by Gasteiger charge is -2.20. The summed E-state index contributed by atoms with van der Waals surface area (Å²) in [4.78, 5) is 26.1. The minimum absolute atomic E-state index is 0.115. The van der Waals surface area contributed by atoms with Crippen molar-refractivity contribution in [3.05, 3.63) is 119 Å². The Morgan fingerprint density at radius 2 is 0.967 bits per heavy atom. The second-order valence-corrected chi connectivity index (χ2v) is 7.01. The van der Waals surface area contributed by atoms with Crippen LogP contribution in [0.15, 0.2) is 107 Å². The minimum Gasteiger partial charge on any atom is -0.289 e. The van der Waals surface area contributed by atoms with Crippen LogP contribution < -0.4 is 0 Å². The average molecular weight is 388 g/mol. The Labute approximate surface area is 173 Å². The molecule has 30 heavy (non-hydrogen) atoms. The van der Waals surface area contributed by atoms with E-state index >= 15 is 0 Å². The fourth-order valence-electron chi connectivity index (χ4n) is 3.70. The van der Waals surface area contributed by atoms with Gasteiger partial charge in [0.05, 0.1) is 11.4 Å². The number of rotatable bonds is 3. The monoisotopic (exact) mass is 388 g/mol. The summed E-state index contributed by atoms with van der Waals surface area (Å²) >= 11 is 0. The maximum Gasteiger partial charge on any atom is 0.195 e. The van der Waals surface area contributed by atoms with Crippen molar-refractivity contribution >= 4 is 22.9 Å². The van der Waals surface area contributed by atoms with Crippen molar-refractivity contribution < 1.29 is 9.59 Å². The van der Waals surface area contributed by atoms with E-state index in [-0.39, 0.29) is 11.6 Å². The average Bonchev–Trinajstić information content (AvgIpc) is 2.82. The van der Waals surface area contributed by atoms with Crippen molar-refractivity contribution in [3.8, 4) is 11.1 Å². The second-order valence-electron chi connectivity index (χ2n) is 7.01. The third kappa shape index (κ3) is 3.05. The third-order valence-electron chi connectivity index (χ3n) is 5.17. The number of hydrogen-bond donors (Lipinski definition) is 0. The summed E-state index contributed by atoms with van der Waals surface area (Å²) in [6, 6.07) is 29.4. The van der Waals surface area contributed by atoms with Crippen molar-refractivity contribution in [2.75, 3.05) is 0 Å². The molecule has 1 aliphatic rings. The number of carbonyl (C=O) groups excluding carboxylic acids is 2. The first kappa shape index (κ1) is 17.9. The van der Waals surface area contributed by atoms with Crippen LogP contribution in [0.3, 0.4) is 0 Å². The van der Waals surface area contributed by atoms with E-state index in [1.165, 1.54) is 0 Å². The summed E-state index contributed by atoms with van der Waals surface area (Å²) in [6.45, 7) is 0. The molecule has 4 aromatic rings. The Morgan fingerprint density at radius 3 is 1.67 bits per heavy atom. The highest BCUT2D eigenvalue weighted by Gasteiger charge is 2.31. The number of nitrogens with zero attached hydrogens (tertiary/aromatic N) is 2. The van der Waals surface area contributed by atoms with Gasteiger partial charge in [0, 0.05) is 22.3 Å². The zero-order valence-corrected chi connectivity index (χ0v) is 15.9. The Morgan fingerprint density at radius 1 is 0.433 bits per heavy atom. The van der Waals surface area contributed by atoms with Gasteiger partial charge in [0.1, 0.15) is 0 Å². The molecule has 0 N–H and O–H groups in total.